The van der Waals surface area contributed by atoms with Crippen molar-refractivity contribution in [1.29, 1.82) is 0 Å². The molecule has 8 nitrogen and oxygen atoms in total. The van der Waals surface area contributed by atoms with E-state index in [0.717, 1.165) is 12.1 Å². The molecule has 0 aliphatic heterocycles. The van der Waals surface area contributed by atoms with E-state index in [-0.39, 0.29) is 30.3 Å². The van der Waals surface area contributed by atoms with E-state index in [1.165, 1.54) is 12.1 Å². The quantitative estimate of drug-likeness (QED) is 0.515. The predicted octanol–water partition coefficient (Wildman–Crippen LogP) is 2.97. The second-order valence-corrected chi connectivity index (χ2v) is 5.58. The van der Waals surface area contributed by atoms with Gasteiger partial charge in [-0.25, -0.2) is 9.59 Å². The van der Waals surface area contributed by atoms with E-state index in [1.54, 1.807) is 44.2 Å². The van der Waals surface area contributed by atoms with E-state index in [4.69, 9.17) is 14.2 Å². The highest BCUT2D eigenvalue weighted by Crippen LogP contribution is 2.29. The van der Waals surface area contributed by atoms with Gasteiger partial charge in [0.1, 0.15) is 11.4 Å². The lowest BCUT2D eigenvalue weighted by Gasteiger charge is -2.10. The first-order valence-electron chi connectivity index (χ1n) is 8.87. The fourth-order valence-electron chi connectivity index (χ4n) is 2.21. The van der Waals surface area contributed by atoms with Crippen LogP contribution in [0, 0.1) is 0 Å². The van der Waals surface area contributed by atoms with E-state index in [0.29, 0.717) is 5.75 Å². The molecule has 2 aromatic rings. The molecule has 0 fully saturated rings. The lowest BCUT2D eigenvalue weighted by molar-refractivity contribution is -0.140. The number of hydrogen-bond acceptors (Lipinski definition) is 8. The molecule has 0 spiro atoms. The van der Waals surface area contributed by atoms with Crippen LogP contribution in [0.1, 0.15) is 13.8 Å². The smallest absolute Gasteiger partial charge is 0.355 e. The van der Waals surface area contributed by atoms with Crippen molar-refractivity contribution < 1.29 is 28.9 Å². The van der Waals surface area contributed by atoms with Gasteiger partial charge >= 0.3 is 11.9 Å². The van der Waals surface area contributed by atoms with Gasteiger partial charge in [-0.15, -0.1) is 0 Å². The molecule has 0 aliphatic carbocycles. The minimum atomic E-state index is -0.788. The molecule has 0 amide bonds. The zero-order chi connectivity index (χ0) is 21.2. The summed E-state index contributed by atoms with van der Waals surface area (Å²) in [6, 6.07) is 12.3. The summed E-state index contributed by atoms with van der Waals surface area (Å²) in [7, 11) is 0. The van der Waals surface area contributed by atoms with Crippen molar-refractivity contribution in [2.24, 2.45) is 0 Å². The molecule has 152 valence electrons. The Labute approximate surface area is 167 Å². The molecule has 0 saturated carbocycles. The van der Waals surface area contributed by atoms with Crippen molar-refractivity contribution in [2.45, 2.75) is 13.8 Å². The zero-order valence-electron chi connectivity index (χ0n) is 16.0. The Balaban J connectivity index is 2.42. The minimum absolute atomic E-state index is 0.0944. The van der Waals surface area contributed by atoms with Crippen LogP contribution in [0.3, 0.4) is 0 Å². The Morgan fingerprint density at radius 2 is 1.72 bits per heavy atom. The first-order chi connectivity index (χ1) is 13.9. The van der Waals surface area contributed by atoms with Crippen LogP contribution in [-0.4, -0.2) is 30.3 Å². The van der Waals surface area contributed by atoms with E-state index >= 15 is 0 Å². The van der Waals surface area contributed by atoms with Crippen LogP contribution in [-0.2, 0) is 19.1 Å². The highest BCUT2D eigenvalue weighted by Gasteiger charge is 2.15. The number of anilines is 1. The Hall–Kier alpha value is -3.81. The number of ether oxygens (including phenoxy) is 3. The Morgan fingerprint density at radius 3 is 2.38 bits per heavy atom. The number of benzene rings is 1. The summed E-state index contributed by atoms with van der Waals surface area (Å²) in [5.41, 5.74) is -0.679. The number of nitrogens with one attached hydrogen (secondary N) is 1. The number of carbonyl (C=O) groups excluding carboxylic acids is 2. The molecule has 0 atom stereocenters. The second-order valence-electron chi connectivity index (χ2n) is 5.58. The molecule has 8 heteroatoms. The number of esters is 2. The number of aromatic hydroxyl groups is 1. The molecule has 0 aromatic heterocycles. The summed E-state index contributed by atoms with van der Waals surface area (Å²) in [5.74, 6) is -1.87. The molecule has 2 rings (SSSR count). The predicted molar refractivity (Wildman–Crippen MR) is 106 cm³/mol. The van der Waals surface area contributed by atoms with Gasteiger partial charge in [0.25, 0.3) is 0 Å². The lowest BCUT2D eigenvalue weighted by atomic mass is 10.3. The van der Waals surface area contributed by atoms with E-state index in [2.05, 4.69) is 5.32 Å². The molecule has 0 radical (unpaired) electrons. The van der Waals surface area contributed by atoms with Gasteiger partial charge in [-0.05, 0) is 38.1 Å². The second kappa shape index (κ2) is 10.5. The van der Waals surface area contributed by atoms with Crippen molar-refractivity contribution in [3.8, 4) is 17.2 Å². The molecule has 29 heavy (non-hydrogen) atoms. The summed E-state index contributed by atoms with van der Waals surface area (Å²) < 4.78 is 15.3. The Morgan fingerprint density at radius 1 is 1.03 bits per heavy atom. The van der Waals surface area contributed by atoms with Gasteiger partial charge in [-0.2, -0.15) is 0 Å². The molecule has 0 saturated heterocycles. The molecule has 2 N–H and O–H groups in total. The molecule has 0 unspecified atom stereocenters. The van der Waals surface area contributed by atoms with Crippen molar-refractivity contribution in [2.75, 3.05) is 18.5 Å². The summed E-state index contributed by atoms with van der Waals surface area (Å²) in [6.45, 7) is 3.48. The standard InChI is InChI=1S/C21H21NO7/c1-3-27-19(24)13-16(21(26)28-4-2)22-14-10-11-17(23)20(25)18(12-14)29-15-8-6-5-7-9-15/h5-13,22H,3-4H2,1-2H3,(H,23,25). The van der Waals surface area contributed by atoms with Crippen molar-refractivity contribution in [3.05, 3.63) is 70.5 Å². The van der Waals surface area contributed by atoms with Crippen LogP contribution in [0.15, 0.2) is 65.1 Å². The summed E-state index contributed by atoms with van der Waals surface area (Å²) in [5, 5.41) is 12.8. The highest BCUT2D eigenvalue weighted by atomic mass is 16.5. The maximum atomic E-state index is 12.2. The average molecular weight is 399 g/mol. The van der Waals surface area contributed by atoms with Gasteiger partial charge in [-0.1, -0.05) is 18.2 Å². The number of para-hydroxylation sites is 1. The van der Waals surface area contributed by atoms with Crippen LogP contribution < -0.4 is 15.5 Å². The van der Waals surface area contributed by atoms with Crippen molar-refractivity contribution >= 4 is 17.6 Å². The van der Waals surface area contributed by atoms with Gasteiger partial charge < -0.3 is 24.6 Å². The van der Waals surface area contributed by atoms with Crippen LogP contribution in [0.25, 0.3) is 0 Å². The zero-order valence-corrected chi connectivity index (χ0v) is 16.0. The SMILES string of the molecule is CCOC(=O)C=C(Nc1ccc(=O)c(O)c(Oc2ccccc2)c1)C(=O)OCC. The summed E-state index contributed by atoms with van der Waals surface area (Å²) in [4.78, 5) is 36.0. The van der Waals surface area contributed by atoms with Gasteiger partial charge in [0.15, 0.2) is 5.75 Å². The average Bonchev–Trinajstić information content (AvgIpc) is 2.82. The summed E-state index contributed by atoms with van der Waals surface area (Å²) in [6.07, 6.45) is 0.949. The maximum absolute atomic E-state index is 12.2. The van der Waals surface area contributed by atoms with Crippen LogP contribution in [0.5, 0.6) is 17.2 Å². The Kier molecular flexibility index (Phi) is 7.78. The van der Waals surface area contributed by atoms with Gasteiger partial charge in [0.05, 0.1) is 19.3 Å². The van der Waals surface area contributed by atoms with E-state index in [9.17, 15) is 19.5 Å². The topological polar surface area (TPSA) is 111 Å². The van der Waals surface area contributed by atoms with Crippen LogP contribution in [0.2, 0.25) is 0 Å². The first kappa shape index (κ1) is 21.5. The third-order valence-corrected chi connectivity index (χ3v) is 3.46. The van der Waals surface area contributed by atoms with Gasteiger partial charge in [0, 0.05) is 11.8 Å². The monoisotopic (exact) mass is 399 g/mol. The van der Waals surface area contributed by atoms with Crippen molar-refractivity contribution in [3.63, 3.8) is 0 Å². The van der Waals surface area contributed by atoms with E-state index < -0.39 is 23.1 Å². The van der Waals surface area contributed by atoms with Crippen LogP contribution >= 0.6 is 0 Å². The van der Waals surface area contributed by atoms with Gasteiger partial charge in [-0.3, -0.25) is 4.79 Å². The third kappa shape index (κ3) is 6.39. The number of rotatable bonds is 8. The highest BCUT2D eigenvalue weighted by molar-refractivity contribution is 5.98. The number of hydrogen-bond donors (Lipinski definition) is 2. The lowest BCUT2D eigenvalue weighted by Crippen LogP contribution is -2.17. The largest absolute Gasteiger partial charge is 0.502 e. The molecule has 2 aromatic carbocycles. The van der Waals surface area contributed by atoms with Crippen molar-refractivity contribution in [1.82, 2.24) is 0 Å². The molecular weight excluding hydrogens is 378 g/mol. The fraction of sp³-hybridized carbons (Fsp3) is 0.190. The minimum Gasteiger partial charge on any atom is -0.502 e. The molecule has 0 aliphatic rings. The molecular formula is C21H21NO7. The normalized spacial score (nSPS) is 10.8. The van der Waals surface area contributed by atoms with E-state index in [1.807, 2.05) is 0 Å². The fourth-order valence-corrected chi connectivity index (χ4v) is 2.21. The summed E-state index contributed by atoms with van der Waals surface area (Å²) >= 11 is 0. The maximum Gasteiger partial charge on any atom is 0.355 e. The Bertz CT molecular complexity index is 955. The third-order valence-electron chi connectivity index (χ3n) is 3.46. The first-order valence-corrected chi connectivity index (χ1v) is 8.87. The molecule has 0 heterocycles. The molecule has 0 bridgehead atoms. The number of carbonyl (C=O) groups is 2. The van der Waals surface area contributed by atoms with Crippen LogP contribution in [0.4, 0.5) is 5.69 Å². The van der Waals surface area contributed by atoms with Gasteiger partial charge in [0.2, 0.25) is 11.2 Å².